The van der Waals surface area contributed by atoms with E-state index in [9.17, 15) is 4.79 Å². The van der Waals surface area contributed by atoms with Crippen LogP contribution in [0.3, 0.4) is 0 Å². The molecule has 4 nitrogen and oxygen atoms in total. The molecule has 0 aromatic heterocycles. The number of carboxylic acids is 1. The first-order valence-corrected chi connectivity index (χ1v) is 6.89. The number of aliphatic carboxylic acids is 1. The van der Waals surface area contributed by atoms with Crippen LogP contribution >= 0.6 is 0 Å². The van der Waals surface area contributed by atoms with Gasteiger partial charge < -0.3 is 5.11 Å². The van der Waals surface area contributed by atoms with Gasteiger partial charge in [0.05, 0.1) is 0 Å². The lowest BCUT2D eigenvalue weighted by molar-refractivity contribution is -0.143. The van der Waals surface area contributed by atoms with Crippen molar-refractivity contribution in [2.45, 2.75) is 51.1 Å². The predicted molar refractivity (Wildman–Crippen MR) is 67.1 cm³/mol. The minimum Gasteiger partial charge on any atom is -0.480 e. The summed E-state index contributed by atoms with van der Waals surface area (Å²) in [4.78, 5) is 15.6. The largest absolute Gasteiger partial charge is 0.480 e. The van der Waals surface area contributed by atoms with Gasteiger partial charge in [0.15, 0.2) is 0 Å². The number of hydrogen-bond acceptors (Lipinski definition) is 3. The van der Waals surface area contributed by atoms with Crippen LogP contribution < -0.4 is 0 Å². The minimum absolute atomic E-state index is 0.330. The normalized spacial score (nSPS) is 26.9. The zero-order valence-corrected chi connectivity index (χ0v) is 10.8. The van der Waals surface area contributed by atoms with E-state index in [0.29, 0.717) is 0 Å². The molecule has 98 valence electrons. The van der Waals surface area contributed by atoms with E-state index in [1.807, 2.05) is 0 Å². The van der Waals surface area contributed by atoms with Gasteiger partial charge in [-0.1, -0.05) is 19.3 Å². The molecule has 2 rings (SSSR count). The van der Waals surface area contributed by atoms with Gasteiger partial charge in [-0.15, -0.1) is 0 Å². The second kappa shape index (κ2) is 5.83. The van der Waals surface area contributed by atoms with Crippen LogP contribution in [0.4, 0.5) is 0 Å². The Morgan fingerprint density at radius 2 is 1.71 bits per heavy atom. The maximum absolute atomic E-state index is 10.9. The molecule has 0 aromatic rings. The van der Waals surface area contributed by atoms with Crippen LogP contribution in [0.2, 0.25) is 0 Å². The van der Waals surface area contributed by atoms with Crippen LogP contribution in [-0.4, -0.2) is 59.1 Å². The van der Waals surface area contributed by atoms with Crippen molar-refractivity contribution in [2.75, 3.05) is 26.2 Å². The maximum Gasteiger partial charge on any atom is 0.320 e. The van der Waals surface area contributed by atoms with Gasteiger partial charge in [0.2, 0.25) is 0 Å². The fourth-order valence-electron chi connectivity index (χ4n) is 3.09. The second-order valence-corrected chi connectivity index (χ2v) is 5.38. The molecule has 17 heavy (non-hydrogen) atoms. The van der Waals surface area contributed by atoms with Gasteiger partial charge in [0, 0.05) is 32.2 Å². The third kappa shape index (κ3) is 3.19. The standard InChI is InChI=1S/C13H24N2O2/c1-11(13(16)17)14-7-9-15(10-8-14)12-5-3-2-4-6-12/h11-12H,2-10H2,1H3,(H,16,17). The van der Waals surface area contributed by atoms with Gasteiger partial charge in [0.25, 0.3) is 0 Å². The van der Waals surface area contributed by atoms with Crippen molar-refractivity contribution in [3.63, 3.8) is 0 Å². The number of piperazine rings is 1. The predicted octanol–water partition coefficient (Wildman–Crippen LogP) is 1.41. The van der Waals surface area contributed by atoms with Gasteiger partial charge >= 0.3 is 5.97 Å². The van der Waals surface area contributed by atoms with Gasteiger partial charge in [0.1, 0.15) is 6.04 Å². The zero-order chi connectivity index (χ0) is 12.3. The number of nitrogens with zero attached hydrogens (tertiary/aromatic N) is 2. The molecule has 0 spiro atoms. The summed E-state index contributed by atoms with van der Waals surface area (Å²) in [5, 5.41) is 8.99. The van der Waals surface area contributed by atoms with E-state index in [4.69, 9.17) is 5.11 Å². The van der Waals surface area contributed by atoms with Crippen molar-refractivity contribution < 1.29 is 9.90 Å². The minimum atomic E-state index is -0.698. The molecule has 1 N–H and O–H groups in total. The Hall–Kier alpha value is -0.610. The van der Waals surface area contributed by atoms with E-state index in [1.54, 1.807) is 6.92 Å². The Balaban J connectivity index is 1.79. The number of carbonyl (C=O) groups is 1. The Morgan fingerprint density at radius 3 is 2.24 bits per heavy atom. The quantitative estimate of drug-likeness (QED) is 0.810. The van der Waals surface area contributed by atoms with E-state index < -0.39 is 5.97 Å². The number of rotatable bonds is 3. The Labute approximate surface area is 104 Å². The van der Waals surface area contributed by atoms with Crippen molar-refractivity contribution in [3.05, 3.63) is 0 Å². The third-order valence-electron chi connectivity index (χ3n) is 4.35. The highest BCUT2D eigenvalue weighted by Gasteiger charge is 2.28. The summed E-state index contributed by atoms with van der Waals surface area (Å²) in [6, 6.07) is 0.439. The number of hydrogen-bond donors (Lipinski definition) is 1. The third-order valence-corrected chi connectivity index (χ3v) is 4.35. The average Bonchev–Trinajstić information content (AvgIpc) is 2.39. The molecule has 2 fully saturated rings. The second-order valence-electron chi connectivity index (χ2n) is 5.38. The van der Waals surface area contributed by atoms with Gasteiger partial charge in [-0.3, -0.25) is 14.6 Å². The first-order valence-electron chi connectivity index (χ1n) is 6.89. The summed E-state index contributed by atoms with van der Waals surface area (Å²) in [6.07, 6.45) is 6.82. The molecule has 0 amide bonds. The van der Waals surface area contributed by atoms with Crippen LogP contribution in [0.15, 0.2) is 0 Å². The zero-order valence-electron chi connectivity index (χ0n) is 10.8. The maximum atomic E-state index is 10.9. The van der Waals surface area contributed by atoms with Crippen LogP contribution in [0, 0.1) is 0 Å². The van der Waals surface area contributed by atoms with Gasteiger partial charge in [-0.25, -0.2) is 0 Å². The molecule has 0 radical (unpaired) electrons. The molecule has 0 aromatic carbocycles. The van der Waals surface area contributed by atoms with Crippen molar-refractivity contribution in [2.24, 2.45) is 0 Å². The van der Waals surface area contributed by atoms with Crippen molar-refractivity contribution >= 4 is 5.97 Å². The molecule has 1 aliphatic carbocycles. The molecular formula is C13H24N2O2. The molecule has 0 bridgehead atoms. The fourth-order valence-corrected chi connectivity index (χ4v) is 3.09. The highest BCUT2D eigenvalue weighted by atomic mass is 16.4. The summed E-state index contributed by atoms with van der Waals surface area (Å²) in [6.45, 7) is 5.69. The summed E-state index contributed by atoms with van der Waals surface area (Å²) < 4.78 is 0. The first kappa shape index (κ1) is 12.8. The SMILES string of the molecule is CC(C(=O)O)N1CCN(C2CCCCC2)CC1. The number of carboxylic acid groups (broad SMARTS) is 1. The van der Waals surface area contributed by atoms with E-state index in [1.165, 1.54) is 32.1 Å². The summed E-state index contributed by atoms with van der Waals surface area (Å²) in [7, 11) is 0. The Bertz CT molecular complexity index is 256. The van der Waals surface area contributed by atoms with E-state index in [-0.39, 0.29) is 6.04 Å². The molecular weight excluding hydrogens is 216 g/mol. The lowest BCUT2D eigenvalue weighted by atomic mass is 9.94. The molecule has 1 unspecified atom stereocenters. The monoisotopic (exact) mass is 240 g/mol. The van der Waals surface area contributed by atoms with Crippen LogP contribution in [0.1, 0.15) is 39.0 Å². The van der Waals surface area contributed by atoms with Gasteiger partial charge in [-0.2, -0.15) is 0 Å². The fraction of sp³-hybridized carbons (Fsp3) is 0.923. The Kier molecular flexibility index (Phi) is 4.40. The summed E-state index contributed by atoms with van der Waals surface area (Å²) >= 11 is 0. The van der Waals surface area contributed by atoms with Crippen molar-refractivity contribution in [3.8, 4) is 0 Å². The highest BCUT2D eigenvalue weighted by Crippen LogP contribution is 2.23. The highest BCUT2D eigenvalue weighted by molar-refractivity contribution is 5.72. The molecule has 1 saturated carbocycles. The smallest absolute Gasteiger partial charge is 0.320 e. The molecule has 1 aliphatic heterocycles. The van der Waals surface area contributed by atoms with E-state index in [0.717, 1.165) is 32.2 Å². The van der Waals surface area contributed by atoms with Crippen molar-refractivity contribution in [1.29, 1.82) is 0 Å². The average molecular weight is 240 g/mol. The Morgan fingerprint density at radius 1 is 1.12 bits per heavy atom. The van der Waals surface area contributed by atoms with Crippen molar-refractivity contribution in [1.82, 2.24) is 9.80 Å². The van der Waals surface area contributed by atoms with E-state index >= 15 is 0 Å². The summed E-state index contributed by atoms with van der Waals surface area (Å²) in [5.41, 5.74) is 0. The molecule has 2 aliphatic rings. The summed E-state index contributed by atoms with van der Waals surface area (Å²) in [5.74, 6) is -0.698. The lowest BCUT2D eigenvalue weighted by Gasteiger charge is -2.41. The van der Waals surface area contributed by atoms with E-state index in [2.05, 4.69) is 9.80 Å². The van der Waals surface area contributed by atoms with Crippen LogP contribution in [-0.2, 0) is 4.79 Å². The molecule has 4 heteroatoms. The topological polar surface area (TPSA) is 43.8 Å². The van der Waals surface area contributed by atoms with Crippen LogP contribution in [0.5, 0.6) is 0 Å². The molecule has 1 saturated heterocycles. The van der Waals surface area contributed by atoms with Crippen LogP contribution in [0.25, 0.3) is 0 Å². The molecule has 1 heterocycles. The molecule has 1 atom stereocenters. The first-order chi connectivity index (χ1) is 8.18. The van der Waals surface area contributed by atoms with Gasteiger partial charge in [-0.05, 0) is 19.8 Å². The lowest BCUT2D eigenvalue weighted by Crippen LogP contribution is -2.54.